The van der Waals surface area contributed by atoms with Crippen molar-refractivity contribution >= 4 is 18.2 Å². The Morgan fingerprint density at radius 3 is 2.50 bits per heavy atom. The van der Waals surface area contributed by atoms with Gasteiger partial charge in [0.1, 0.15) is 0 Å². The van der Waals surface area contributed by atoms with Crippen LogP contribution in [0.1, 0.15) is 5.56 Å². The first-order chi connectivity index (χ1) is 5.86. The molecule has 0 aliphatic heterocycles. The Balaban J connectivity index is 2.64. The van der Waals surface area contributed by atoms with Crippen LogP contribution >= 0.6 is 0 Å². The van der Waals surface area contributed by atoms with Crippen molar-refractivity contribution in [1.29, 1.82) is 0 Å². The molecule has 12 heavy (non-hydrogen) atoms. The van der Waals surface area contributed by atoms with E-state index < -0.39 is 0 Å². The SMILES string of the molecule is C=Cc1ccc(NOC=O)cc1. The monoisotopic (exact) mass is 163 g/mol. The average Bonchev–Trinajstić information content (AvgIpc) is 2.15. The number of nitrogens with one attached hydrogen (secondary N) is 1. The molecule has 0 aliphatic carbocycles. The molecule has 1 aromatic carbocycles. The van der Waals surface area contributed by atoms with Gasteiger partial charge in [-0.05, 0) is 17.7 Å². The highest BCUT2D eigenvalue weighted by Gasteiger charge is 1.89. The second-order valence-corrected chi connectivity index (χ2v) is 2.14. The Labute approximate surface area is 70.6 Å². The van der Waals surface area contributed by atoms with Crippen LogP contribution < -0.4 is 5.48 Å². The van der Waals surface area contributed by atoms with Gasteiger partial charge in [-0.2, -0.15) is 0 Å². The van der Waals surface area contributed by atoms with Crippen LogP contribution in [-0.4, -0.2) is 6.47 Å². The molecular weight excluding hydrogens is 154 g/mol. The lowest BCUT2D eigenvalue weighted by Crippen LogP contribution is -1.97. The minimum absolute atomic E-state index is 0.335. The molecule has 1 N–H and O–H groups in total. The van der Waals surface area contributed by atoms with E-state index in [1.54, 1.807) is 18.2 Å². The lowest BCUT2D eigenvalue weighted by atomic mass is 10.2. The molecule has 0 atom stereocenters. The summed E-state index contributed by atoms with van der Waals surface area (Å²) in [7, 11) is 0. The Kier molecular flexibility index (Phi) is 2.90. The third kappa shape index (κ3) is 2.12. The van der Waals surface area contributed by atoms with Crippen molar-refractivity contribution in [3.8, 4) is 0 Å². The van der Waals surface area contributed by atoms with E-state index in [0.29, 0.717) is 6.47 Å². The van der Waals surface area contributed by atoms with Crippen LogP contribution in [0, 0.1) is 0 Å². The first-order valence-corrected chi connectivity index (χ1v) is 3.44. The number of rotatable bonds is 4. The standard InChI is InChI=1S/C9H9NO2/c1-2-8-3-5-9(6-4-8)10-12-7-11/h2-7,10H,1H2. The van der Waals surface area contributed by atoms with E-state index in [4.69, 9.17) is 0 Å². The lowest BCUT2D eigenvalue weighted by Gasteiger charge is -2.01. The fourth-order valence-corrected chi connectivity index (χ4v) is 0.779. The Hall–Kier alpha value is -1.77. The van der Waals surface area contributed by atoms with Crippen LogP contribution in [-0.2, 0) is 9.63 Å². The number of anilines is 1. The smallest absolute Gasteiger partial charge is 0.320 e. The molecular formula is C9H9NO2. The van der Waals surface area contributed by atoms with Gasteiger partial charge in [0.05, 0.1) is 5.69 Å². The van der Waals surface area contributed by atoms with Gasteiger partial charge in [-0.25, -0.2) is 5.48 Å². The van der Waals surface area contributed by atoms with Crippen molar-refractivity contribution < 1.29 is 9.63 Å². The molecule has 0 unspecified atom stereocenters. The minimum Gasteiger partial charge on any atom is -0.347 e. The molecule has 0 spiro atoms. The highest BCUT2D eigenvalue weighted by Crippen LogP contribution is 2.09. The summed E-state index contributed by atoms with van der Waals surface area (Å²) in [5, 5.41) is 0. The van der Waals surface area contributed by atoms with Crippen LogP contribution in [0.4, 0.5) is 5.69 Å². The lowest BCUT2D eigenvalue weighted by molar-refractivity contribution is -0.126. The second-order valence-electron chi connectivity index (χ2n) is 2.14. The summed E-state index contributed by atoms with van der Waals surface area (Å²) in [5.74, 6) is 0. The molecule has 0 amide bonds. The molecule has 3 heteroatoms. The maximum Gasteiger partial charge on any atom is 0.320 e. The number of hydrogen-bond acceptors (Lipinski definition) is 3. The van der Waals surface area contributed by atoms with Crippen LogP contribution in [0.2, 0.25) is 0 Å². The fraction of sp³-hybridized carbons (Fsp3) is 0. The van der Waals surface area contributed by atoms with Crippen LogP contribution in [0.15, 0.2) is 30.8 Å². The molecule has 0 fully saturated rings. The molecule has 0 radical (unpaired) electrons. The molecule has 0 heterocycles. The van der Waals surface area contributed by atoms with Crippen LogP contribution in [0.5, 0.6) is 0 Å². The van der Waals surface area contributed by atoms with Crippen LogP contribution in [0.25, 0.3) is 6.08 Å². The van der Waals surface area contributed by atoms with Crippen molar-refractivity contribution in [2.75, 3.05) is 5.48 Å². The van der Waals surface area contributed by atoms with E-state index >= 15 is 0 Å². The van der Waals surface area contributed by atoms with E-state index in [-0.39, 0.29) is 0 Å². The van der Waals surface area contributed by atoms with E-state index in [0.717, 1.165) is 11.3 Å². The van der Waals surface area contributed by atoms with E-state index in [2.05, 4.69) is 16.9 Å². The molecule has 0 aromatic heterocycles. The van der Waals surface area contributed by atoms with Crippen molar-refractivity contribution in [1.82, 2.24) is 0 Å². The van der Waals surface area contributed by atoms with E-state index in [1.807, 2.05) is 12.1 Å². The van der Waals surface area contributed by atoms with Gasteiger partial charge in [-0.3, -0.25) is 4.79 Å². The first-order valence-electron chi connectivity index (χ1n) is 3.44. The van der Waals surface area contributed by atoms with Crippen molar-refractivity contribution in [2.24, 2.45) is 0 Å². The average molecular weight is 163 g/mol. The predicted molar refractivity (Wildman–Crippen MR) is 47.3 cm³/mol. The number of carbonyl (C=O) groups is 1. The Bertz CT molecular complexity index is 266. The summed E-state index contributed by atoms with van der Waals surface area (Å²) in [5.41, 5.74) is 4.19. The number of carbonyl (C=O) groups excluding carboxylic acids is 1. The van der Waals surface area contributed by atoms with E-state index in [1.165, 1.54) is 0 Å². The number of benzene rings is 1. The number of hydrogen-bond donors (Lipinski definition) is 1. The molecule has 62 valence electrons. The predicted octanol–water partition coefficient (Wildman–Crippen LogP) is 1.83. The van der Waals surface area contributed by atoms with Gasteiger partial charge in [0.25, 0.3) is 0 Å². The third-order valence-electron chi connectivity index (χ3n) is 1.37. The maximum atomic E-state index is 9.80. The van der Waals surface area contributed by atoms with Crippen molar-refractivity contribution in [2.45, 2.75) is 0 Å². The summed E-state index contributed by atoms with van der Waals surface area (Å²) < 4.78 is 0. The van der Waals surface area contributed by atoms with Crippen molar-refractivity contribution in [3.63, 3.8) is 0 Å². The summed E-state index contributed by atoms with van der Waals surface area (Å²) in [6.45, 7) is 3.95. The van der Waals surface area contributed by atoms with Gasteiger partial charge in [-0.1, -0.05) is 24.8 Å². The van der Waals surface area contributed by atoms with E-state index in [9.17, 15) is 4.79 Å². The Morgan fingerprint density at radius 2 is 2.00 bits per heavy atom. The zero-order valence-corrected chi connectivity index (χ0v) is 6.49. The minimum atomic E-state index is 0.335. The zero-order valence-electron chi connectivity index (χ0n) is 6.49. The zero-order chi connectivity index (χ0) is 8.81. The largest absolute Gasteiger partial charge is 0.347 e. The summed E-state index contributed by atoms with van der Waals surface area (Å²) in [6, 6.07) is 7.31. The third-order valence-corrected chi connectivity index (χ3v) is 1.37. The summed E-state index contributed by atoms with van der Waals surface area (Å²) in [4.78, 5) is 14.1. The van der Waals surface area contributed by atoms with Gasteiger partial charge in [0.15, 0.2) is 0 Å². The fourth-order valence-electron chi connectivity index (χ4n) is 0.779. The molecule has 0 saturated heterocycles. The molecule has 1 aromatic rings. The molecule has 0 bridgehead atoms. The summed E-state index contributed by atoms with van der Waals surface area (Å²) >= 11 is 0. The molecule has 0 aliphatic rings. The topological polar surface area (TPSA) is 38.3 Å². The highest BCUT2D eigenvalue weighted by molar-refractivity contribution is 5.53. The molecule has 1 rings (SSSR count). The second kappa shape index (κ2) is 4.18. The molecule has 3 nitrogen and oxygen atoms in total. The molecule has 0 saturated carbocycles. The normalized spacial score (nSPS) is 8.67. The van der Waals surface area contributed by atoms with Gasteiger partial charge < -0.3 is 4.84 Å². The first kappa shape index (κ1) is 8.33. The maximum absolute atomic E-state index is 9.80. The Morgan fingerprint density at radius 1 is 1.33 bits per heavy atom. The van der Waals surface area contributed by atoms with Gasteiger partial charge in [0.2, 0.25) is 0 Å². The van der Waals surface area contributed by atoms with Gasteiger partial charge >= 0.3 is 6.47 Å². The highest BCUT2D eigenvalue weighted by atomic mass is 16.7. The summed E-state index contributed by atoms with van der Waals surface area (Å²) in [6.07, 6.45) is 1.74. The van der Waals surface area contributed by atoms with Crippen molar-refractivity contribution in [3.05, 3.63) is 36.4 Å². The quantitative estimate of drug-likeness (QED) is 0.543. The van der Waals surface area contributed by atoms with Gasteiger partial charge in [0, 0.05) is 0 Å². The van der Waals surface area contributed by atoms with Gasteiger partial charge in [-0.15, -0.1) is 0 Å². The van der Waals surface area contributed by atoms with Crippen LogP contribution in [0.3, 0.4) is 0 Å².